The van der Waals surface area contributed by atoms with Crippen molar-refractivity contribution in [2.45, 2.75) is 33.9 Å². The highest BCUT2D eigenvalue weighted by atomic mass is 127. The highest BCUT2D eigenvalue weighted by Gasteiger charge is 2.10. The van der Waals surface area contributed by atoms with Gasteiger partial charge in [0.25, 0.3) is 0 Å². The highest BCUT2D eigenvalue weighted by molar-refractivity contribution is 14.0. The number of ether oxygens (including phenoxy) is 1. The molecular weight excluding hydrogens is 493 g/mol. The van der Waals surface area contributed by atoms with Crippen LogP contribution in [-0.4, -0.2) is 29.6 Å². The molecule has 0 fully saturated rings. The maximum atomic E-state index is 5.58. The molecule has 2 N–H and O–H groups in total. The topological polar surface area (TPSA) is 84.6 Å². The largest absolute Gasteiger partial charge is 0.496 e. The zero-order chi connectivity index (χ0) is 20.6. The molecule has 0 atom stereocenters. The van der Waals surface area contributed by atoms with Crippen LogP contribution < -0.4 is 15.4 Å². The van der Waals surface area contributed by atoms with E-state index in [2.05, 4.69) is 25.6 Å². The van der Waals surface area contributed by atoms with Crippen LogP contribution >= 0.6 is 24.0 Å². The number of oxazole rings is 1. The normalized spacial score (nSPS) is 11.0. The maximum absolute atomic E-state index is 5.58. The van der Waals surface area contributed by atoms with Crippen molar-refractivity contribution in [1.29, 1.82) is 0 Å². The van der Waals surface area contributed by atoms with Crippen LogP contribution in [0.2, 0.25) is 0 Å². The van der Waals surface area contributed by atoms with Gasteiger partial charge in [0.15, 0.2) is 5.96 Å². The summed E-state index contributed by atoms with van der Waals surface area (Å²) in [6.45, 7) is 7.74. The Morgan fingerprint density at radius 1 is 1.17 bits per heavy atom. The minimum atomic E-state index is 0. The maximum Gasteiger partial charge on any atom is 0.226 e. The molecule has 7 nitrogen and oxygen atoms in total. The smallest absolute Gasteiger partial charge is 0.226 e. The molecular formula is C22H28IN5O2. The standard InChI is InChI=1S/C22H27N5O2.HI/c1-5-23-22(26-13-19-16(3)20(28-4)15(2)11-24-19)25-12-18-14-29-21(27-18)17-9-7-6-8-10-17;/h6-11,14H,5,12-13H2,1-4H3,(H2,23,25,26);1H. The number of methoxy groups -OCH3 is 1. The van der Waals surface area contributed by atoms with Gasteiger partial charge in [-0.1, -0.05) is 18.2 Å². The molecule has 0 saturated heterocycles. The molecule has 1 aromatic carbocycles. The molecule has 0 aliphatic carbocycles. The average molecular weight is 521 g/mol. The van der Waals surface area contributed by atoms with Crippen molar-refractivity contribution in [3.8, 4) is 17.2 Å². The van der Waals surface area contributed by atoms with E-state index in [1.54, 1.807) is 13.4 Å². The van der Waals surface area contributed by atoms with E-state index in [1.165, 1.54) is 0 Å². The quantitative estimate of drug-likeness (QED) is 0.275. The van der Waals surface area contributed by atoms with Gasteiger partial charge in [0, 0.05) is 29.4 Å². The monoisotopic (exact) mass is 521 g/mol. The van der Waals surface area contributed by atoms with Crippen LogP contribution in [0.1, 0.15) is 29.4 Å². The van der Waals surface area contributed by atoms with Gasteiger partial charge in [0.1, 0.15) is 17.7 Å². The molecule has 0 amide bonds. The Balaban J connectivity index is 0.00000320. The number of aromatic nitrogens is 2. The van der Waals surface area contributed by atoms with Crippen molar-refractivity contribution in [3.05, 3.63) is 65.3 Å². The number of halogens is 1. The number of rotatable bonds is 7. The molecule has 0 spiro atoms. The molecule has 3 rings (SSSR count). The molecule has 160 valence electrons. The van der Waals surface area contributed by atoms with Gasteiger partial charge in [-0.15, -0.1) is 24.0 Å². The van der Waals surface area contributed by atoms with E-state index >= 15 is 0 Å². The molecule has 0 unspecified atom stereocenters. The van der Waals surface area contributed by atoms with Gasteiger partial charge in [-0.2, -0.15) is 0 Å². The lowest BCUT2D eigenvalue weighted by atomic mass is 10.1. The lowest BCUT2D eigenvalue weighted by molar-refractivity contribution is 0.406. The van der Waals surface area contributed by atoms with Crippen molar-refractivity contribution in [3.63, 3.8) is 0 Å². The van der Waals surface area contributed by atoms with Gasteiger partial charge in [0.05, 0.1) is 25.9 Å². The van der Waals surface area contributed by atoms with Crippen molar-refractivity contribution in [2.24, 2.45) is 4.99 Å². The van der Waals surface area contributed by atoms with Gasteiger partial charge in [-0.05, 0) is 32.9 Å². The first kappa shape index (κ1) is 23.7. The number of pyridine rings is 1. The summed E-state index contributed by atoms with van der Waals surface area (Å²) in [5.41, 5.74) is 4.69. The number of nitrogens with one attached hydrogen (secondary N) is 2. The Bertz CT molecular complexity index is 973. The average Bonchev–Trinajstić information content (AvgIpc) is 3.21. The minimum absolute atomic E-state index is 0. The van der Waals surface area contributed by atoms with E-state index in [9.17, 15) is 0 Å². The first-order valence-corrected chi connectivity index (χ1v) is 9.63. The summed E-state index contributed by atoms with van der Waals surface area (Å²) in [6.07, 6.45) is 3.47. The molecule has 30 heavy (non-hydrogen) atoms. The first-order valence-electron chi connectivity index (χ1n) is 9.63. The van der Waals surface area contributed by atoms with E-state index in [4.69, 9.17) is 9.15 Å². The van der Waals surface area contributed by atoms with Gasteiger partial charge in [-0.25, -0.2) is 9.98 Å². The Hall–Kier alpha value is -2.62. The molecule has 0 aliphatic heterocycles. The second kappa shape index (κ2) is 11.5. The zero-order valence-electron chi connectivity index (χ0n) is 17.7. The van der Waals surface area contributed by atoms with Crippen molar-refractivity contribution >= 4 is 29.9 Å². The third-order valence-corrected chi connectivity index (χ3v) is 4.49. The molecule has 8 heteroatoms. The molecule has 0 bridgehead atoms. The molecule has 0 radical (unpaired) electrons. The van der Waals surface area contributed by atoms with Crippen LogP contribution in [0.4, 0.5) is 0 Å². The van der Waals surface area contributed by atoms with Gasteiger partial charge in [-0.3, -0.25) is 4.98 Å². The van der Waals surface area contributed by atoms with Gasteiger partial charge < -0.3 is 19.8 Å². The van der Waals surface area contributed by atoms with Crippen molar-refractivity contribution in [2.75, 3.05) is 13.7 Å². The fraction of sp³-hybridized carbons (Fsp3) is 0.318. The third-order valence-electron chi connectivity index (χ3n) is 4.49. The lowest BCUT2D eigenvalue weighted by Crippen LogP contribution is -2.37. The van der Waals surface area contributed by atoms with E-state index in [0.717, 1.165) is 40.4 Å². The first-order chi connectivity index (χ1) is 14.1. The summed E-state index contributed by atoms with van der Waals surface area (Å²) in [5, 5.41) is 6.56. The van der Waals surface area contributed by atoms with Gasteiger partial charge >= 0.3 is 0 Å². The number of benzene rings is 1. The Labute approximate surface area is 194 Å². The Morgan fingerprint density at radius 2 is 1.93 bits per heavy atom. The van der Waals surface area contributed by atoms with Gasteiger partial charge in [0.2, 0.25) is 5.89 Å². The Morgan fingerprint density at radius 3 is 2.63 bits per heavy atom. The predicted octanol–water partition coefficient (Wildman–Crippen LogP) is 4.24. The van der Waals surface area contributed by atoms with Crippen LogP contribution in [0, 0.1) is 13.8 Å². The number of hydrogen-bond acceptors (Lipinski definition) is 5. The van der Waals surface area contributed by atoms with Crippen LogP contribution in [0.5, 0.6) is 5.75 Å². The summed E-state index contributed by atoms with van der Waals surface area (Å²) in [5.74, 6) is 2.16. The highest BCUT2D eigenvalue weighted by Crippen LogP contribution is 2.23. The molecule has 0 aliphatic rings. The number of aryl methyl sites for hydroxylation is 1. The number of hydrogen-bond donors (Lipinski definition) is 2. The van der Waals surface area contributed by atoms with E-state index in [-0.39, 0.29) is 24.0 Å². The molecule has 2 aromatic heterocycles. The minimum Gasteiger partial charge on any atom is -0.496 e. The number of guanidine groups is 1. The molecule has 0 saturated carbocycles. The second-order valence-corrected chi connectivity index (χ2v) is 6.60. The summed E-state index contributed by atoms with van der Waals surface area (Å²) >= 11 is 0. The lowest BCUT2D eigenvalue weighted by Gasteiger charge is -2.14. The van der Waals surface area contributed by atoms with E-state index in [1.807, 2.05) is 57.3 Å². The van der Waals surface area contributed by atoms with Crippen LogP contribution in [0.25, 0.3) is 11.5 Å². The summed E-state index contributed by atoms with van der Waals surface area (Å²) in [7, 11) is 1.68. The van der Waals surface area contributed by atoms with Crippen LogP contribution in [-0.2, 0) is 13.1 Å². The fourth-order valence-corrected chi connectivity index (χ4v) is 3.01. The number of aliphatic imine (C=N–C) groups is 1. The summed E-state index contributed by atoms with van der Waals surface area (Å²) in [6, 6.07) is 9.82. The number of nitrogens with zero attached hydrogens (tertiary/aromatic N) is 3. The fourth-order valence-electron chi connectivity index (χ4n) is 3.01. The third kappa shape index (κ3) is 5.94. The summed E-state index contributed by atoms with van der Waals surface area (Å²) in [4.78, 5) is 13.6. The predicted molar refractivity (Wildman–Crippen MR) is 129 cm³/mol. The van der Waals surface area contributed by atoms with E-state index < -0.39 is 0 Å². The molecule has 2 heterocycles. The van der Waals surface area contributed by atoms with Crippen molar-refractivity contribution in [1.82, 2.24) is 20.6 Å². The molecule has 3 aromatic rings. The summed E-state index contributed by atoms with van der Waals surface area (Å²) < 4.78 is 11.1. The van der Waals surface area contributed by atoms with E-state index in [0.29, 0.717) is 24.9 Å². The SMILES string of the molecule is CCNC(=NCc1coc(-c2ccccc2)n1)NCc1ncc(C)c(OC)c1C.I. The van der Waals surface area contributed by atoms with Crippen LogP contribution in [0.15, 0.2) is 52.2 Å². The second-order valence-electron chi connectivity index (χ2n) is 6.60. The van der Waals surface area contributed by atoms with Crippen LogP contribution in [0.3, 0.4) is 0 Å². The zero-order valence-corrected chi connectivity index (χ0v) is 20.1. The van der Waals surface area contributed by atoms with Crippen molar-refractivity contribution < 1.29 is 9.15 Å². The Kier molecular flexibility index (Phi) is 9.10.